The molecule has 0 amide bonds. The summed E-state index contributed by atoms with van der Waals surface area (Å²) in [4.78, 5) is 0. The molecule has 1 aromatic carbocycles. The zero-order valence-electron chi connectivity index (χ0n) is 14.5. The molecule has 26 heavy (non-hydrogen) atoms. The highest BCUT2D eigenvalue weighted by Gasteiger charge is 2.43. The molecule has 1 aliphatic rings. The average Bonchev–Trinajstić information content (AvgIpc) is 2.66. The van der Waals surface area contributed by atoms with Crippen LogP contribution in [0, 0.1) is 0 Å². The van der Waals surface area contributed by atoms with Crippen LogP contribution < -0.4 is 20.1 Å². The van der Waals surface area contributed by atoms with E-state index in [4.69, 9.17) is 26.4 Å². The van der Waals surface area contributed by atoms with Crippen LogP contribution in [0.5, 0.6) is 11.5 Å². The minimum absolute atomic E-state index is 0.170. The van der Waals surface area contributed by atoms with Gasteiger partial charge in [0, 0.05) is 6.54 Å². The third-order valence-corrected chi connectivity index (χ3v) is 4.33. The van der Waals surface area contributed by atoms with E-state index in [1.54, 1.807) is 26.4 Å². The maximum Gasteiger partial charge on any atom is 0.168 e. The second-order valence-electron chi connectivity index (χ2n) is 5.77. The van der Waals surface area contributed by atoms with E-state index in [2.05, 4.69) is 10.6 Å². The van der Waals surface area contributed by atoms with Gasteiger partial charge in [0.1, 0.15) is 24.4 Å². The third kappa shape index (κ3) is 4.72. The summed E-state index contributed by atoms with van der Waals surface area (Å²) in [5, 5.41) is 44.5. The second kappa shape index (κ2) is 9.31. The minimum Gasteiger partial charge on any atom is -0.493 e. The highest BCUT2D eigenvalue weighted by molar-refractivity contribution is 7.80. The van der Waals surface area contributed by atoms with Crippen molar-refractivity contribution in [3.8, 4) is 11.5 Å². The van der Waals surface area contributed by atoms with Crippen LogP contribution in [0.4, 0.5) is 0 Å². The van der Waals surface area contributed by atoms with Gasteiger partial charge >= 0.3 is 0 Å². The van der Waals surface area contributed by atoms with Crippen LogP contribution in [-0.4, -0.2) is 77.0 Å². The van der Waals surface area contributed by atoms with E-state index in [0.717, 1.165) is 5.56 Å². The van der Waals surface area contributed by atoms with E-state index < -0.39 is 37.3 Å². The van der Waals surface area contributed by atoms with Gasteiger partial charge in [0.25, 0.3) is 0 Å². The van der Waals surface area contributed by atoms with Gasteiger partial charge in [-0.1, -0.05) is 6.07 Å². The number of methoxy groups -OCH3 is 2. The molecule has 0 unspecified atom stereocenters. The van der Waals surface area contributed by atoms with Crippen molar-refractivity contribution in [1.82, 2.24) is 10.6 Å². The summed E-state index contributed by atoms with van der Waals surface area (Å²) in [7, 11) is 3.09. The van der Waals surface area contributed by atoms with Crippen molar-refractivity contribution in [1.29, 1.82) is 0 Å². The molecule has 0 aliphatic carbocycles. The Bertz CT molecular complexity index is 616. The van der Waals surface area contributed by atoms with Crippen LogP contribution in [-0.2, 0) is 11.3 Å². The molecule has 6 N–H and O–H groups in total. The summed E-state index contributed by atoms with van der Waals surface area (Å²) in [6.45, 7) is -0.140. The molecule has 0 radical (unpaired) electrons. The highest BCUT2D eigenvalue weighted by atomic mass is 32.1. The first kappa shape index (κ1) is 20.6. The Morgan fingerprint density at radius 2 is 1.81 bits per heavy atom. The lowest BCUT2D eigenvalue weighted by Gasteiger charge is -2.40. The van der Waals surface area contributed by atoms with Gasteiger partial charge in [-0.2, -0.15) is 0 Å². The van der Waals surface area contributed by atoms with Crippen LogP contribution in [0.3, 0.4) is 0 Å². The monoisotopic (exact) mass is 388 g/mol. The molecule has 146 valence electrons. The van der Waals surface area contributed by atoms with E-state index in [0.29, 0.717) is 18.0 Å². The van der Waals surface area contributed by atoms with E-state index >= 15 is 0 Å². The zero-order chi connectivity index (χ0) is 19.3. The van der Waals surface area contributed by atoms with Crippen molar-refractivity contribution in [2.24, 2.45) is 0 Å². The largest absolute Gasteiger partial charge is 0.493 e. The lowest BCUT2D eigenvalue weighted by molar-refractivity contribution is -0.232. The van der Waals surface area contributed by atoms with E-state index in [1.807, 2.05) is 6.07 Å². The fourth-order valence-electron chi connectivity index (χ4n) is 2.57. The van der Waals surface area contributed by atoms with Gasteiger partial charge in [-0.15, -0.1) is 0 Å². The van der Waals surface area contributed by atoms with Gasteiger partial charge in [-0.05, 0) is 29.9 Å². The fraction of sp³-hybridized carbons (Fsp3) is 0.562. The zero-order valence-corrected chi connectivity index (χ0v) is 15.3. The Balaban J connectivity index is 1.92. The topological polar surface area (TPSA) is 133 Å². The molecule has 1 heterocycles. The van der Waals surface area contributed by atoms with Crippen molar-refractivity contribution in [2.75, 3.05) is 20.8 Å². The predicted octanol–water partition coefficient (Wildman–Crippen LogP) is -1.53. The lowest BCUT2D eigenvalue weighted by Crippen LogP contribution is -2.63. The van der Waals surface area contributed by atoms with Crippen LogP contribution in [0.15, 0.2) is 18.2 Å². The molecule has 2 rings (SSSR count). The Hall–Kier alpha value is -1.69. The molecule has 9 nitrogen and oxygen atoms in total. The van der Waals surface area contributed by atoms with E-state index in [1.165, 1.54) is 0 Å². The van der Waals surface area contributed by atoms with Gasteiger partial charge in [0.15, 0.2) is 22.8 Å². The molecule has 0 saturated carbocycles. The summed E-state index contributed by atoms with van der Waals surface area (Å²) in [6.07, 6.45) is -6.36. The summed E-state index contributed by atoms with van der Waals surface area (Å²) in [6, 6.07) is 5.40. The molecule has 1 fully saturated rings. The van der Waals surface area contributed by atoms with Gasteiger partial charge in [0.2, 0.25) is 0 Å². The molecule has 0 spiro atoms. The number of hydrogen-bond acceptors (Lipinski definition) is 8. The third-order valence-electron chi connectivity index (χ3n) is 4.07. The van der Waals surface area contributed by atoms with Gasteiger partial charge in [-0.3, -0.25) is 0 Å². The average molecular weight is 388 g/mol. The Morgan fingerprint density at radius 3 is 2.42 bits per heavy atom. The normalized spacial score (nSPS) is 28.3. The molecule has 10 heteroatoms. The Morgan fingerprint density at radius 1 is 1.12 bits per heavy atom. The molecule has 0 aromatic heterocycles. The van der Waals surface area contributed by atoms with Crippen LogP contribution in [0.25, 0.3) is 0 Å². The number of nitrogens with one attached hydrogen (secondary N) is 2. The van der Waals surface area contributed by atoms with Gasteiger partial charge in [-0.25, -0.2) is 0 Å². The number of ether oxygens (including phenoxy) is 3. The Kier molecular flexibility index (Phi) is 7.38. The number of aliphatic hydroxyl groups excluding tert-OH is 4. The molecule has 1 aromatic rings. The standard InChI is InChI=1S/C16H24N2O7S/c1-23-9-4-3-8(5-10(9)24-2)6-17-16(26)18-15-14(22)13(21)12(20)11(7-19)25-15/h3-5,11-15,19-22H,6-7H2,1-2H3,(H2,17,18,26)/t11-,12-,13+,14-,15-/m1/s1. The summed E-state index contributed by atoms with van der Waals surface area (Å²) >= 11 is 5.16. The summed E-state index contributed by atoms with van der Waals surface area (Å²) < 4.78 is 15.7. The van der Waals surface area contributed by atoms with Gasteiger partial charge < -0.3 is 45.3 Å². The van der Waals surface area contributed by atoms with Crippen LogP contribution >= 0.6 is 12.2 Å². The smallest absolute Gasteiger partial charge is 0.168 e. The number of aliphatic hydroxyl groups is 4. The summed E-state index contributed by atoms with van der Waals surface area (Å²) in [5.41, 5.74) is 0.876. The van der Waals surface area contributed by atoms with Crippen molar-refractivity contribution < 1.29 is 34.6 Å². The van der Waals surface area contributed by atoms with E-state index in [-0.39, 0.29) is 5.11 Å². The molecule has 1 saturated heterocycles. The maximum absolute atomic E-state index is 9.98. The van der Waals surface area contributed by atoms with Crippen molar-refractivity contribution in [3.63, 3.8) is 0 Å². The lowest BCUT2D eigenvalue weighted by atomic mass is 9.98. The first-order valence-corrected chi connectivity index (χ1v) is 8.37. The first-order chi connectivity index (χ1) is 12.4. The molecule has 0 bridgehead atoms. The van der Waals surface area contributed by atoms with Gasteiger partial charge in [0.05, 0.1) is 20.8 Å². The Labute approximate surface area is 156 Å². The molecule has 1 aliphatic heterocycles. The van der Waals surface area contributed by atoms with Crippen molar-refractivity contribution in [2.45, 2.75) is 37.2 Å². The molecular formula is C16H24N2O7S. The number of benzene rings is 1. The SMILES string of the molecule is COc1ccc(CNC(=S)N[C@@H]2O[C@H](CO)[C@@H](O)[C@H](O)[C@H]2O)cc1OC. The number of rotatable bonds is 6. The predicted molar refractivity (Wildman–Crippen MR) is 95.9 cm³/mol. The quantitative estimate of drug-likeness (QED) is 0.319. The van der Waals surface area contributed by atoms with Crippen molar-refractivity contribution >= 4 is 17.3 Å². The van der Waals surface area contributed by atoms with Crippen LogP contribution in [0.1, 0.15) is 5.56 Å². The maximum atomic E-state index is 9.98. The highest BCUT2D eigenvalue weighted by Crippen LogP contribution is 2.27. The minimum atomic E-state index is -1.47. The number of thiocarbonyl (C=S) groups is 1. The van der Waals surface area contributed by atoms with Crippen LogP contribution in [0.2, 0.25) is 0 Å². The first-order valence-electron chi connectivity index (χ1n) is 7.97. The number of hydrogen-bond donors (Lipinski definition) is 6. The van der Waals surface area contributed by atoms with E-state index in [9.17, 15) is 20.4 Å². The van der Waals surface area contributed by atoms with Crippen molar-refractivity contribution in [3.05, 3.63) is 23.8 Å². The second-order valence-corrected chi connectivity index (χ2v) is 6.17. The summed E-state index contributed by atoms with van der Waals surface area (Å²) in [5.74, 6) is 1.19. The molecule has 5 atom stereocenters. The molecular weight excluding hydrogens is 364 g/mol. The fourth-order valence-corrected chi connectivity index (χ4v) is 2.76.